The van der Waals surface area contributed by atoms with E-state index in [-0.39, 0.29) is 30.2 Å². The Kier molecular flexibility index (Phi) is 8.44. The van der Waals surface area contributed by atoms with Crippen LogP contribution in [-0.4, -0.2) is 22.8 Å². The van der Waals surface area contributed by atoms with E-state index < -0.39 is 22.8 Å². The zero-order valence-corrected chi connectivity index (χ0v) is 24.8. The first-order chi connectivity index (χ1) is 22.3. The molecule has 0 aliphatic carbocycles. The van der Waals surface area contributed by atoms with Crippen molar-refractivity contribution in [3.8, 4) is 11.5 Å². The van der Waals surface area contributed by atoms with Gasteiger partial charge in [-0.15, -0.1) is 0 Å². The van der Waals surface area contributed by atoms with Crippen LogP contribution in [0.1, 0.15) is 16.7 Å². The molecule has 1 aliphatic heterocycles. The van der Waals surface area contributed by atoms with E-state index in [4.69, 9.17) is 21.1 Å². The lowest BCUT2D eigenvalue weighted by molar-refractivity contribution is -0.384. The molecule has 0 radical (unpaired) electrons. The van der Waals surface area contributed by atoms with E-state index in [0.29, 0.717) is 33.0 Å². The van der Waals surface area contributed by atoms with Crippen molar-refractivity contribution >= 4 is 57.7 Å². The molecule has 228 valence electrons. The number of fused-ring (bicyclic) bond motifs is 1. The minimum Gasteiger partial charge on any atom is -0.489 e. The van der Waals surface area contributed by atoms with Crippen molar-refractivity contribution in [2.24, 2.45) is 0 Å². The lowest BCUT2D eigenvalue weighted by Gasteiger charge is -2.26. The normalized spacial score (nSPS) is 14.0. The maximum Gasteiger partial charge on any atom is 0.335 e. The number of amides is 4. The summed E-state index contributed by atoms with van der Waals surface area (Å²) in [4.78, 5) is 51.3. The standard InChI is InChI=1S/C35H24ClN3O7/c36-31-11-4-2-8-24(31)21-45-27-15-13-25(14-16-27)38-34(41)30(33(40)37-35(38)42)19-29-28-10-3-1-7-23(28)12-17-32(29)46-20-22-6-5-9-26(18-22)39(43)44/h1-19H,20-21H2,(H,37,40,42)/b30-19+. The van der Waals surface area contributed by atoms with Gasteiger partial charge in [-0.2, -0.15) is 0 Å². The summed E-state index contributed by atoms with van der Waals surface area (Å²) in [6, 6.07) is 29.6. The van der Waals surface area contributed by atoms with E-state index in [1.807, 2.05) is 48.5 Å². The fraction of sp³-hybridized carbons (Fsp3) is 0.0571. The number of barbiturate groups is 1. The number of ether oxygens (including phenoxy) is 2. The number of hydrogen-bond acceptors (Lipinski definition) is 7. The molecule has 0 spiro atoms. The average molecular weight is 634 g/mol. The summed E-state index contributed by atoms with van der Waals surface area (Å²) in [5.41, 5.74) is 1.66. The summed E-state index contributed by atoms with van der Waals surface area (Å²) in [6.45, 7) is 0.214. The highest BCUT2D eigenvalue weighted by atomic mass is 35.5. The Bertz CT molecular complexity index is 2040. The highest BCUT2D eigenvalue weighted by Crippen LogP contribution is 2.33. The van der Waals surface area contributed by atoms with E-state index in [0.717, 1.165) is 15.8 Å². The zero-order chi connectivity index (χ0) is 32.2. The van der Waals surface area contributed by atoms with Crippen LogP contribution in [0.3, 0.4) is 0 Å². The zero-order valence-electron chi connectivity index (χ0n) is 24.0. The summed E-state index contributed by atoms with van der Waals surface area (Å²) in [5.74, 6) is -0.858. The number of carbonyl (C=O) groups excluding carboxylic acids is 3. The molecule has 1 aliphatic rings. The second-order valence-corrected chi connectivity index (χ2v) is 10.7. The third-order valence-electron chi connectivity index (χ3n) is 7.28. The summed E-state index contributed by atoms with van der Waals surface area (Å²) >= 11 is 6.20. The fourth-order valence-electron chi connectivity index (χ4n) is 4.98. The summed E-state index contributed by atoms with van der Waals surface area (Å²) in [6.07, 6.45) is 1.39. The van der Waals surface area contributed by atoms with Gasteiger partial charge < -0.3 is 9.47 Å². The predicted octanol–water partition coefficient (Wildman–Crippen LogP) is 7.23. The first kappa shape index (κ1) is 30.0. The molecule has 0 atom stereocenters. The van der Waals surface area contributed by atoms with Gasteiger partial charge in [-0.25, -0.2) is 9.69 Å². The summed E-state index contributed by atoms with van der Waals surface area (Å²) < 4.78 is 11.9. The smallest absolute Gasteiger partial charge is 0.335 e. The number of non-ortho nitro benzene ring substituents is 1. The SMILES string of the molecule is O=C1NC(=O)N(c2ccc(OCc3ccccc3Cl)cc2)C(=O)/C1=C/c1c(OCc2cccc([N+](=O)[O-])c2)ccc2ccccc12. The van der Waals surface area contributed by atoms with Gasteiger partial charge in [0.05, 0.1) is 10.6 Å². The Labute approximate surface area is 267 Å². The van der Waals surface area contributed by atoms with Crippen molar-refractivity contribution < 1.29 is 28.8 Å². The van der Waals surface area contributed by atoms with E-state index in [1.165, 1.54) is 18.2 Å². The van der Waals surface area contributed by atoms with E-state index in [9.17, 15) is 24.5 Å². The molecule has 5 aromatic carbocycles. The van der Waals surface area contributed by atoms with Crippen LogP contribution in [0.2, 0.25) is 5.02 Å². The molecule has 0 bridgehead atoms. The summed E-state index contributed by atoms with van der Waals surface area (Å²) in [5, 5.41) is 15.6. The van der Waals surface area contributed by atoms with Crippen LogP contribution >= 0.6 is 11.6 Å². The number of urea groups is 1. The second kappa shape index (κ2) is 12.9. The Morgan fingerprint density at radius 3 is 2.37 bits per heavy atom. The monoisotopic (exact) mass is 633 g/mol. The van der Waals surface area contributed by atoms with Gasteiger partial charge in [0.15, 0.2) is 0 Å². The molecule has 1 saturated heterocycles. The molecule has 4 amide bonds. The number of halogens is 1. The van der Waals surface area contributed by atoms with E-state index in [2.05, 4.69) is 5.32 Å². The number of nitrogens with zero attached hydrogens (tertiary/aromatic N) is 2. The Morgan fingerprint density at radius 2 is 1.59 bits per heavy atom. The number of rotatable bonds is 9. The molecule has 1 heterocycles. The molecule has 0 aromatic heterocycles. The molecule has 6 rings (SSSR count). The van der Waals surface area contributed by atoms with Gasteiger partial charge in [0.1, 0.15) is 30.3 Å². The molecule has 0 saturated carbocycles. The van der Waals surface area contributed by atoms with Crippen molar-refractivity contribution in [3.63, 3.8) is 0 Å². The number of nitro benzene ring substituents is 1. The van der Waals surface area contributed by atoms with Crippen molar-refractivity contribution in [2.75, 3.05) is 4.90 Å². The number of nitro groups is 1. The van der Waals surface area contributed by atoms with Crippen molar-refractivity contribution in [3.05, 3.63) is 147 Å². The quantitative estimate of drug-likeness (QED) is 0.0785. The third-order valence-corrected chi connectivity index (χ3v) is 7.65. The minimum absolute atomic E-state index is 0.00809. The van der Waals surface area contributed by atoms with Crippen LogP contribution in [0.4, 0.5) is 16.2 Å². The van der Waals surface area contributed by atoms with Gasteiger partial charge in [0, 0.05) is 28.3 Å². The van der Waals surface area contributed by atoms with Gasteiger partial charge in [-0.3, -0.25) is 25.0 Å². The van der Waals surface area contributed by atoms with Gasteiger partial charge >= 0.3 is 6.03 Å². The highest BCUT2D eigenvalue weighted by molar-refractivity contribution is 6.39. The largest absolute Gasteiger partial charge is 0.489 e. The number of imide groups is 2. The minimum atomic E-state index is -0.892. The van der Waals surface area contributed by atoms with Crippen LogP contribution in [0.5, 0.6) is 11.5 Å². The lowest BCUT2D eigenvalue weighted by atomic mass is 9.99. The Morgan fingerprint density at radius 1 is 0.826 bits per heavy atom. The number of anilines is 1. The molecule has 0 unspecified atom stereocenters. The molecule has 10 nitrogen and oxygen atoms in total. The molecule has 5 aromatic rings. The van der Waals surface area contributed by atoms with Crippen LogP contribution < -0.4 is 19.7 Å². The second-order valence-electron chi connectivity index (χ2n) is 10.2. The number of nitrogens with one attached hydrogen (secondary N) is 1. The first-order valence-electron chi connectivity index (χ1n) is 14.0. The number of benzene rings is 5. The van der Waals surface area contributed by atoms with Crippen molar-refractivity contribution in [1.29, 1.82) is 0 Å². The molecule has 1 N–H and O–H groups in total. The van der Waals surface area contributed by atoms with E-state index >= 15 is 0 Å². The molecule has 1 fully saturated rings. The van der Waals surface area contributed by atoms with E-state index in [1.54, 1.807) is 48.5 Å². The molecule has 46 heavy (non-hydrogen) atoms. The van der Waals surface area contributed by atoms with Gasteiger partial charge in [-0.05, 0) is 58.8 Å². The van der Waals surface area contributed by atoms with Crippen molar-refractivity contribution in [2.45, 2.75) is 13.2 Å². The maximum atomic E-state index is 13.7. The molecule has 11 heteroatoms. The molecular weight excluding hydrogens is 610 g/mol. The topological polar surface area (TPSA) is 128 Å². The predicted molar refractivity (Wildman–Crippen MR) is 173 cm³/mol. The summed E-state index contributed by atoms with van der Waals surface area (Å²) in [7, 11) is 0. The van der Waals surface area contributed by atoms with Crippen molar-refractivity contribution in [1.82, 2.24) is 5.32 Å². The van der Waals surface area contributed by atoms with Crippen LogP contribution in [0.25, 0.3) is 16.8 Å². The highest BCUT2D eigenvalue weighted by Gasteiger charge is 2.37. The van der Waals surface area contributed by atoms with Gasteiger partial charge in [-0.1, -0.05) is 72.3 Å². The Balaban J connectivity index is 1.29. The third kappa shape index (κ3) is 6.28. The average Bonchev–Trinajstić information content (AvgIpc) is 3.06. The number of hydrogen-bond donors (Lipinski definition) is 1. The van der Waals surface area contributed by atoms with Gasteiger partial charge in [0.2, 0.25) is 0 Å². The van der Waals surface area contributed by atoms with Crippen LogP contribution in [0, 0.1) is 10.1 Å². The fourth-order valence-corrected chi connectivity index (χ4v) is 5.17. The van der Waals surface area contributed by atoms with Crippen LogP contribution in [0.15, 0.2) is 115 Å². The maximum absolute atomic E-state index is 13.7. The molecular formula is C35H24ClN3O7. The first-order valence-corrected chi connectivity index (χ1v) is 14.4. The van der Waals surface area contributed by atoms with Crippen LogP contribution in [-0.2, 0) is 22.8 Å². The lowest BCUT2D eigenvalue weighted by Crippen LogP contribution is -2.54. The Hall–Kier alpha value is -6.00. The number of carbonyl (C=O) groups is 3. The van der Waals surface area contributed by atoms with Gasteiger partial charge in [0.25, 0.3) is 17.5 Å².